The van der Waals surface area contributed by atoms with Gasteiger partial charge in [0, 0.05) is 32.7 Å². The van der Waals surface area contributed by atoms with E-state index in [4.69, 9.17) is 9.15 Å². The van der Waals surface area contributed by atoms with E-state index in [9.17, 15) is 5.11 Å². The van der Waals surface area contributed by atoms with Gasteiger partial charge in [0.05, 0.1) is 25.5 Å². The van der Waals surface area contributed by atoms with Gasteiger partial charge in [0.15, 0.2) is 5.96 Å². The van der Waals surface area contributed by atoms with Gasteiger partial charge in [-0.1, -0.05) is 13.8 Å². The molecule has 1 aromatic rings. The highest BCUT2D eigenvalue weighted by molar-refractivity contribution is 5.79. The molecule has 0 saturated carbocycles. The standard InChI is InChI=1S/C18H32N4O3/c1-4-19-18(21-11-16(23)17-6-5-8-25-17)20-10-15-13-22(7-9-24-15)12-14(2)3/h5-6,8,14-16,23H,4,7,9-13H2,1-3H3,(H2,19,20,21). The number of hydrogen-bond donors (Lipinski definition) is 3. The minimum atomic E-state index is -0.738. The maximum atomic E-state index is 10.1. The Bertz CT molecular complexity index is 504. The molecule has 2 unspecified atom stereocenters. The van der Waals surface area contributed by atoms with Gasteiger partial charge in [0.1, 0.15) is 11.9 Å². The third-order valence-electron chi connectivity index (χ3n) is 3.98. The van der Waals surface area contributed by atoms with Crippen LogP contribution in [0.2, 0.25) is 0 Å². The fraction of sp³-hybridized carbons (Fsp3) is 0.722. The SMILES string of the molecule is CCNC(=NCC(O)c1ccco1)NCC1CN(CC(C)C)CCO1. The van der Waals surface area contributed by atoms with Gasteiger partial charge in [-0.3, -0.25) is 9.89 Å². The normalized spacial score (nSPS) is 20.7. The Labute approximate surface area is 150 Å². The summed E-state index contributed by atoms with van der Waals surface area (Å²) in [5.74, 6) is 1.87. The molecular weight excluding hydrogens is 320 g/mol. The highest BCUT2D eigenvalue weighted by Crippen LogP contribution is 2.13. The van der Waals surface area contributed by atoms with Crippen molar-refractivity contribution in [2.75, 3.05) is 45.9 Å². The van der Waals surface area contributed by atoms with Crippen molar-refractivity contribution in [2.24, 2.45) is 10.9 Å². The molecule has 1 saturated heterocycles. The molecular formula is C18H32N4O3. The summed E-state index contributed by atoms with van der Waals surface area (Å²) < 4.78 is 11.1. The Morgan fingerprint density at radius 3 is 2.96 bits per heavy atom. The predicted octanol–water partition coefficient (Wildman–Crippen LogP) is 1.22. The van der Waals surface area contributed by atoms with Crippen molar-refractivity contribution in [1.29, 1.82) is 0 Å². The van der Waals surface area contributed by atoms with E-state index in [2.05, 4.69) is 34.4 Å². The first-order valence-electron chi connectivity index (χ1n) is 9.16. The molecule has 1 aliphatic heterocycles. The van der Waals surface area contributed by atoms with Crippen LogP contribution in [0.25, 0.3) is 0 Å². The summed E-state index contributed by atoms with van der Waals surface area (Å²) in [5, 5.41) is 16.6. The average molecular weight is 352 g/mol. The van der Waals surface area contributed by atoms with E-state index in [1.807, 2.05) is 6.92 Å². The molecule has 0 amide bonds. The van der Waals surface area contributed by atoms with E-state index in [1.54, 1.807) is 18.4 Å². The lowest BCUT2D eigenvalue weighted by Gasteiger charge is -2.34. The van der Waals surface area contributed by atoms with Gasteiger partial charge in [0.2, 0.25) is 0 Å². The number of morpholine rings is 1. The fourth-order valence-corrected chi connectivity index (χ4v) is 2.89. The second kappa shape index (κ2) is 10.4. The molecule has 142 valence electrons. The Morgan fingerprint density at radius 1 is 1.44 bits per heavy atom. The van der Waals surface area contributed by atoms with E-state index in [0.717, 1.165) is 32.8 Å². The van der Waals surface area contributed by atoms with Crippen LogP contribution in [-0.2, 0) is 4.74 Å². The molecule has 7 nitrogen and oxygen atoms in total. The summed E-state index contributed by atoms with van der Waals surface area (Å²) in [6.45, 7) is 12.0. The minimum Gasteiger partial charge on any atom is -0.467 e. The van der Waals surface area contributed by atoms with E-state index in [1.165, 1.54) is 0 Å². The van der Waals surface area contributed by atoms with Crippen LogP contribution in [0.3, 0.4) is 0 Å². The molecule has 0 aromatic carbocycles. The van der Waals surface area contributed by atoms with Gasteiger partial charge in [-0.25, -0.2) is 0 Å². The number of furan rings is 1. The van der Waals surface area contributed by atoms with Crippen molar-refractivity contribution < 1.29 is 14.3 Å². The molecule has 25 heavy (non-hydrogen) atoms. The van der Waals surface area contributed by atoms with Gasteiger partial charge < -0.3 is 24.9 Å². The van der Waals surface area contributed by atoms with Crippen LogP contribution in [0.5, 0.6) is 0 Å². The van der Waals surface area contributed by atoms with Gasteiger partial charge in [0.25, 0.3) is 0 Å². The lowest BCUT2D eigenvalue weighted by Crippen LogP contribution is -2.50. The monoisotopic (exact) mass is 352 g/mol. The van der Waals surface area contributed by atoms with Gasteiger partial charge in [-0.05, 0) is 25.0 Å². The number of aliphatic hydroxyl groups is 1. The lowest BCUT2D eigenvalue weighted by atomic mass is 10.2. The second-order valence-electron chi connectivity index (χ2n) is 6.78. The van der Waals surface area contributed by atoms with Crippen LogP contribution in [0.15, 0.2) is 27.8 Å². The summed E-state index contributed by atoms with van der Waals surface area (Å²) in [4.78, 5) is 6.89. The first-order valence-corrected chi connectivity index (χ1v) is 9.16. The topological polar surface area (TPSA) is 82.3 Å². The average Bonchev–Trinajstić information content (AvgIpc) is 3.11. The number of nitrogens with one attached hydrogen (secondary N) is 2. The predicted molar refractivity (Wildman–Crippen MR) is 98.7 cm³/mol. The molecule has 7 heteroatoms. The molecule has 3 N–H and O–H groups in total. The van der Waals surface area contributed by atoms with E-state index < -0.39 is 6.10 Å². The molecule has 2 heterocycles. The summed E-state index contributed by atoms with van der Waals surface area (Å²) in [6, 6.07) is 3.51. The number of hydrogen-bond acceptors (Lipinski definition) is 5. The molecule has 1 aromatic heterocycles. The first-order chi connectivity index (χ1) is 12.1. The van der Waals surface area contributed by atoms with Crippen molar-refractivity contribution in [3.63, 3.8) is 0 Å². The van der Waals surface area contributed by atoms with Crippen LogP contribution in [0.4, 0.5) is 0 Å². The van der Waals surface area contributed by atoms with Crippen molar-refractivity contribution in [3.05, 3.63) is 24.2 Å². The molecule has 1 fully saturated rings. The van der Waals surface area contributed by atoms with Crippen molar-refractivity contribution in [3.8, 4) is 0 Å². The second-order valence-corrected chi connectivity index (χ2v) is 6.78. The Kier molecular flexibility index (Phi) is 8.24. The summed E-state index contributed by atoms with van der Waals surface area (Å²) in [5.41, 5.74) is 0. The Hall–Kier alpha value is -1.57. The highest BCUT2D eigenvalue weighted by atomic mass is 16.5. The molecule has 0 radical (unpaired) electrons. The van der Waals surface area contributed by atoms with Gasteiger partial charge in [-0.15, -0.1) is 0 Å². The summed E-state index contributed by atoms with van der Waals surface area (Å²) in [6.07, 6.45) is 0.957. The third-order valence-corrected chi connectivity index (χ3v) is 3.98. The molecule has 0 aliphatic carbocycles. The van der Waals surface area contributed by atoms with Crippen LogP contribution < -0.4 is 10.6 Å². The zero-order chi connectivity index (χ0) is 18.1. The minimum absolute atomic E-state index is 0.145. The Morgan fingerprint density at radius 2 is 2.28 bits per heavy atom. The number of ether oxygens (including phenoxy) is 1. The number of aliphatic imine (C=N–C) groups is 1. The largest absolute Gasteiger partial charge is 0.467 e. The first kappa shape index (κ1) is 19.8. The van der Waals surface area contributed by atoms with Crippen LogP contribution in [0.1, 0.15) is 32.6 Å². The van der Waals surface area contributed by atoms with Crippen LogP contribution in [-0.4, -0.2) is 67.9 Å². The number of aliphatic hydroxyl groups excluding tert-OH is 1. The van der Waals surface area contributed by atoms with E-state index in [-0.39, 0.29) is 12.6 Å². The smallest absolute Gasteiger partial charge is 0.191 e. The zero-order valence-corrected chi connectivity index (χ0v) is 15.6. The van der Waals surface area contributed by atoms with Crippen molar-refractivity contribution in [1.82, 2.24) is 15.5 Å². The number of guanidine groups is 1. The quantitative estimate of drug-likeness (QED) is 0.482. The van der Waals surface area contributed by atoms with Gasteiger partial charge >= 0.3 is 0 Å². The fourth-order valence-electron chi connectivity index (χ4n) is 2.89. The Balaban J connectivity index is 1.81. The maximum absolute atomic E-state index is 10.1. The highest BCUT2D eigenvalue weighted by Gasteiger charge is 2.21. The van der Waals surface area contributed by atoms with E-state index >= 15 is 0 Å². The van der Waals surface area contributed by atoms with Crippen molar-refractivity contribution >= 4 is 5.96 Å². The van der Waals surface area contributed by atoms with Crippen LogP contribution in [0, 0.1) is 5.92 Å². The van der Waals surface area contributed by atoms with Crippen LogP contribution >= 0.6 is 0 Å². The summed E-state index contributed by atoms with van der Waals surface area (Å²) in [7, 11) is 0. The maximum Gasteiger partial charge on any atom is 0.191 e. The lowest BCUT2D eigenvalue weighted by molar-refractivity contribution is -0.0284. The zero-order valence-electron chi connectivity index (χ0n) is 15.6. The molecule has 0 spiro atoms. The number of rotatable bonds is 8. The molecule has 0 bridgehead atoms. The molecule has 2 atom stereocenters. The summed E-state index contributed by atoms with van der Waals surface area (Å²) >= 11 is 0. The number of nitrogens with zero attached hydrogens (tertiary/aromatic N) is 2. The van der Waals surface area contributed by atoms with E-state index in [0.29, 0.717) is 24.2 Å². The molecule has 1 aliphatic rings. The van der Waals surface area contributed by atoms with Crippen molar-refractivity contribution in [2.45, 2.75) is 33.0 Å². The molecule has 2 rings (SSSR count). The van der Waals surface area contributed by atoms with Gasteiger partial charge in [-0.2, -0.15) is 0 Å². The third kappa shape index (κ3) is 7.05.